The maximum Gasteiger partial charge on any atom is 0.316 e. The van der Waals surface area contributed by atoms with Crippen molar-refractivity contribution in [2.45, 2.75) is 38.6 Å². The minimum atomic E-state index is -4.16. The summed E-state index contributed by atoms with van der Waals surface area (Å²) in [4.78, 5) is 23.2. The van der Waals surface area contributed by atoms with Gasteiger partial charge in [-0.05, 0) is 30.5 Å². The van der Waals surface area contributed by atoms with E-state index in [0.29, 0.717) is 0 Å². The molecule has 0 amide bonds. The number of aliphatic carboxylic acids is 1. The number of hydrogen-bond acceptors (Lipinski definition) is 8. The SMILES string of the molecule is Cc1ccc(S(=O)(=O)n2cc(-c3ncc(F)c(NC(C[S@](=O)CC(=O)O)C(C)(C)C)n3)c3cc(F)cnc32)cc1. The van der Waals surface area contributed by atoms with Crippen molar-refractivity contribution >= 4 is 43.6 Å². The zero-order chi connectivity index (χ0) is 29.4. The van der Waals surface area contributed by atoms with Gasteiger partial charge in [0.1, 0.15) is 11.6 Å². The minimum absolute atomic E-state index is 0.0163. The van der Waals surface area contributed by atoms with E-state index in [1.54, 1.807) is 32.9 Å². The fraction of sp³-hybridized carbons (Fsp3) is 0.308. The summed E-state index contributed by atoms with van der Waals surface area (Å²) in [6.07, 6.45) is 2.96. The van der Waals surface area contributed by atoms with Gasteiger partial charge in [0.25, 0.3) is 10.0 Å². The average molecular weight is 592 g/mol. The number of pyridine rings is 1. The first-order chi connectivity index (χ1) is 18.7. The molecule has 1 aromatic carbocycles. The van der Waals surface area contributed by atoms with Crippen molar-refractivity contribution in [3.63, 3.8) is 0 Å². The molecule has 0 saturated carbocycles. The van der Waals surface area contributed by atoms with E-state index in [1.807, 2.05) is 6.92 Å². The van der Waals surface area contributed by atoms with Crippen LogP contribution in [-0.2, 0) is 25.6 Å². The van der Waals surface area contributed by atoms with Crippen molar-refractivity contribution in [1.82, 2.24) is 18.9 Å². The number of carbonyl (C=O) groups is 1. The Bertz CT molecular complexity index is 1720. The molecular formula is C26H27F2N5O5S2. The van der Waals surface area contributed by atoms with Crippen LogP contribution in [0.1, 0.15) is 26.3 Å². The Hall–Kier alpha value is -3.78. The number of anilines is 1. The molecule has 0 aliphatic rings. The molecule has 14 heteroatoms. The minimum Gasteiger partial charge on any atom is -0.481 e. The Morgan fingerprint density at radius 1 is 1.15 bits per heavy atom. The van der Waals surface area contributed by atoms with E-state index in [0.717, 1.165) is 28.0 Å². The summed E-state index contributed by atoms with van der Waals surface area (Å²) < 4.78 is 69.4. The first-order valence-corrected chi connectivity index (χ1v) is 14.9. The number of hydrogen-bond donors (Lipinski definition) is 2. The lowest BCUT2D eigenvalue weighted by Gasteiger charge is -2.31. The topological polar surface area (TPSA) is 144 Å². The second-order valence-corrected chi connectivity index (χ2v) is 13.6. The molecule has 1 unspecified atom stereocenters. The molecule has 10 nitrogen and oxygen atoms in total. The zero-order valence-corrected chi connectivity index (χ0v) is 23.7. The Morgan fingerprint density at radius 2 is 1.82 bits per heavy atom. The molecule has 0 fully saturated rings. The number of nitrogens with zero attached hydrogens (tertiary/aromatic N) is 4. The number of aromatic nitrogens is 4. The Kier molecular flexibility index (Phi) is 8.04. The van der Waals surface area contributed by atoms with Gasteiger partial charge >= 0.3 is 5.97 Å². The lowest BCUT2D eigenvalue weighted by atomic mass is 9.88. The van der Waals surface area contributed by atoms with Gasteiger partial charge in [0.05, 0.1) is 17.3 Å². The van der Waals surface area contributed by atoms with Crippen molar-refractivity contribution in [3.8, 4) is 11.4 Å². The third kappa shape index (κ3) is 6.17. The van der Waals surface area contributed by atoms with Crippen LogP contribution >= 0.6 is 0 Å². The normalized spacial score (nSPS) is 13.8. The van der Waals surface area contributed by atoms with E-state index in [2.05, 4.69) is 20.3 Å². The van der Waals surface area contributed by atoms with E-state index in [4.69, 9.17) is 5.11 Å². The number of benzene rings is 1. The Balaban J connectivity index is 1.81. The van der Waals surface area contributed by atoms with Crippen molar-refractivity contribution in [2.75, 3.05) is 16.8 Å². The molecule has 0 spiro atoms. The van der Waals surface area contributed by atoms with E-state index >= 15 is 0 Å². The lowest BCUT2D eigenvalue weighted by molar-refractivity contribution is -0.133. The van der Waals surface area contributed by atoms with Gasteiger partial charge in [-0.3, -0.25) is 9.00 Å². The van der Waals surface area contributed by atoms with Crippen molar-refractivity contribution in [1.29, 1.82) is 0 Å². The monoisotopic (exact) mass is 591 g/mol. The fourth-order valence-electron chi connectivity index (χ4n) is 3.89. The van der Waals surface area contributed by atoms with E-state index in [1.165, 1.54) is 18.3 Å². The van der Waals surface area contributed by atoms with Crippen LogP contribution in [0, 0.1) is 24.0 Å². The molecule has 40 heavy (non-hydrogen) atoms. The molecule has 0 aliphatic carbocycles. The molecule has 0 saturated heterocycles. The van der Waals surface area contributed by atoms with Crippen LogP contribution in [0.4, 0.5) is 14.6 Å². The maximum atomic E-state index is 14.9. The van der Waals surface area contributed by atoms with Crippen LogP contribution < -0.4 is 5.32 Å². The van der Waals surface area contributed by atoms with Crippen LogP contribution in [0.2, 0.25) is 0 Å². The highest BCUT2D eigenvalue weighted by molar-refractivity contribution is 7.90. The second-order valence-electron chi connectivity index (χ2n) is 10.3. The number of carboxylic acids is 1. The van der Waals surface area contributed by atoms with E-state index in [9.17, 15) is 26.2 Å². The number of aryl methyl sites for hydroxylation is 1. The molecule has 0 aliphatic heterocycles. The van der Waals surface area contributed by atoms with Gasteiger partial charge in [-0.25, -0.2) is 36.1 Å². The molecular weight excluding hydrogens is 564 g/mol. The standard InChI is InChI=1S/C26H27F2N5O5S2/c1-15-5-7-17(8-6-15)40(37,38)33-12-19(18-9-16(27)10-30-25(18)33)23-29-11-20(28)24(32-23)31-21(26(2,3)4)13-39(36)14-22(34)35/h5-12,21H,13-14H2,1-4H3,(H,34,35)(H,29,31,32)/t21?,39-/m0/s1. The third-order valence-electron chi connectivity index (χ3n) is 6.13. The molecule has 3 aromatic heterocycles. The number of rotatable bonds is 9. The second kappa shape index (κ2) is 11.0. The summed E-state index contributed by atoms with van der Waals surface area (Å²) in [5.41, 5.74) is 0.285. The highest BCUT2D eigenvalue weighted by Crippen LogP contribution is 2.32. The smallest absolute Gasteiger partial charge is 0.316 e. The molecule has 0 bridgehead atoms. The maximum absolute atomic E-state index is 14.9. The van der Waals surface area contributed by atoms with E-state index in [-0.39, 0.29) is 38.9 Å². The quantitative estimate of drug-likeness (QED) is 0.295. The third-order valence-corrected chi connectivity index (χ3v) is 9.07. The molecule has 212 valence electrons. The summed E-state index contributed by atoms with van der Waals surface area (Å²) in [6, 6.07) is 6.60. The van der Waals surface area contributed by atoms with Crippen molar-refractivity contribution in [2.24, 2.45) is 5.41 Å². The lowest BCUT2D eigenvalue weighted by Crippen LogP contribution is -2.40. The van der Waals surface area contributed by atoms with Gasteiger partial charge in [0.15, 0.2) is 23.1 Å². The predicted octanol–water partition coefficient (Wildman–Crippen LogP) is 3.98. The Morgan fingerprint density at radius 3 is 2.45 bits per heavy atom. The first kappa shape index (κ1) is 29.2. The number of fused-ring (bicyclic) bond motifs is 1. The molecule has 2 atom stereocenters. The summed E-state index contributed by atoms with van der Waals surface area (Å²) in [5.74, 6) is -3.85. The van der Waals surface area contributed by atoms with Crippen LogP contribution in [-0.4, -0.2) is 60.2 Å². The van der Waals surface area contributed by atoms with Crippen LogP contribution in [0.5, 0.6) is 0 Å². The van der Waals surface area contributed by atoms with Crippen LogP contribution in [0.25, 0.3) is 22.4 Å². The summed E-state index contributed by atoms with van der Waals surface area (Å²) in [6.45, 7) is 7.23. The highest BCUT2D eigenvalue weighted by atomic mass is 32.2. The molecule has 2 N–H and O–H groups in total. The molecule has 4 aromatic rings. The van der Waals surface area contributed by atoms with Gasteiger partial charge in [-0.2, -0.15) is 0 Å². The van der Waals surface area contributed by atoms with Crippen molar-refractivity contribution in [3.05, 3.63) is 66.1 Å². The largest absolute Gasteiger partial charge is 0.481 e. The molecule has 4 rings (SSSR count). The van der Waals surface area contributed by atoms with Crippen LogP contribution in [0.15, 0.2) is 53.8 Å². The average Bonchev–Trinajstić information content (AvgIpc) is 3.23. The molecule has 0 radical (unpaired) electrons. The summed E-state index contributed by atoms with van der Waals surface area (Å²) >= 11 is 0. The first-order valence-electron chi connectivity index (χ1n) is 12.0. The van der Waals surface area contributed by atoms with Gasteiger partial charge < -0.3 is 10.4 Å². The fourth-order valence-corrected chi connectivity index (χ4v) is 6.57. The van der Waals surface area contributed by atoms with Gasteiger partial charge in [0, 0.05) is 39.7 Å². The summed E-state index contributed by atoms with van der Waals surface area (Å²) in [7, 11) is -5.90. The van der Waals surface area contributed by atoms with Gasteiger partial charge in [-0.15, -0.1) is 0 Å². The highest BCUT2D eigenvalue weighted by Gasteiger charge is 2.29. The number of carboxylic acid groups (broad SMARTS) is 1. The van der Waals surface area contributed by atoms with Gasteiger partial charge in [0.2, 0.25) is 0 Å². The predicted molar refractivity (Wildman–Crippen MR) is 147 cm³/mol. The zero-order valence-electron chi connectivity index (χ0n) is 22.1. The number of halogens is 2. The number of nitrogens with one attached hydrogen (secondary N) is 1. The van der Waals surface area contributed by atoms with Crippen LogP contribution in [0.3, 0.4) is 0 Å². The Labute approximate surface area is 232 Å². The molecule has 3 heterocycles. The summed E-state index contributed by atoms with van der Waals surface area (Å²) in [5, 5.41) is 12.0. The van der Waals surface area contributed by atoms with E-state index < -0.39 is 55.6 Å². The van der Waals surface area contributed by atoms with Gasteiger partial charge in [-0.1, -0.05) is 38.5 Å². The van der Waals surface area contributed by atoms with Crippen molar-refractivity contribution < 1.29 is 31.3 Å².